The van der Waals surface area contributed by atoms with Crippen molar-refractivity contribution in [3.8, 4) is 12.3 Å². The third kappa shape index (κ3) is 4.31. The van der Waals surface area contributed by atoms with Crippen LogP contribution in [0.3, 0.4) is 0 Å². The van der Waals surface area contributed by atoms with Gasteiger partial charge in [0.1, 0.15) is 0 Å². The molecule has 1 N–H and O–H groups in total. The molecule has 0 fully saturated rings. The van der Waals surface area contributed by atoms with E-state index >= 15 is 0 Å². The Kier molecular flexibility index (Phi) is 5.81. The lowest BCUT2D eigenvalue weighted by Crippen LogP contribution is -2.27. The molecule has 3 rings (SSSR count). The summed E-state index contributed by atoms with van der Waals surface area (Å²) in [5.74, 6) is 0.909. The Bertz CT molecular complexity index is 916. The molecule has 3 aromatic carbocycles. The summed E-state index contributed by atoms with van der Waals surface area (Å²) in [7, 11) is 0. The molecule has 3 aromatic rings. The monoisotopic (exact) mass is 353 g/mol. The van der Waals surface area contributed by atoms with E-state index in [9.17, 15) is 9.90 Å². The third-order valence-electron chi connectivity index (χ3n) is 4.27. The normalized spacial score (nSPS) is 12.4. The molecule has 3 heteroatoms. The number of terminal acetylenes is 1. The number of carboxylic acid groups (broad SMARTS) is 1. The van der Waals surface area contributed by atoms with Crippen molar-refractivity contribution in [1.82, 2.24) is 0 Å². The lowest BCUT2D eigenvalue weighted by molar-refractivity contribution is -0.138. The smallest absolute Gasteiger partial charge is 0.330 e. The highest BCUT2D eigenvalue weighted by atomic mass is 16.4. The van der Waals surface area contributed by atoms with E-state index < -0.39 is 17.9 Å². The van der Waals surface area contributed by atoms with Crippen LogP contribution in [0.15, 0.2) is 96.0 Å². The van der Waals surface area contributed by atoms with Crippen molar-refractivity contribution in [2.75, 3.05) is 0 Å². The molecule has 0 bridgehead atoms. The Hall–Kier alpha value is -3.64. The van der Waals surface area contributed by atoms with Crippen LogP contribution >= 0.6 is 0 Å². The molecule has 0 radical (unpaired) electrons. The SMILES string of the molecule is C#CC(c1ccccc1)C(N=C(c1ccccc1)c1ccccc1)C(=O)O. The van der Waals surface area contributed by atoms with E-state index in [4.69, 9.17) is 6.42 Å². The number of aliphatic imine (C=N–C) groups is 1. The molecule has 0 aliphatic rings. The zero-order valence-electron chi connectivity index (χ0n) is 14.7. The van der Waals surface area contributed by atoms with Gasteiger partial charge in [0.2, 0.25) is 0 Å². The Balaban J connectivity index is 2.13. The largest absolute Gasteiger partial charge is 0.480 e. The lowest BCUT2D eigenvalue weighted by atomic mass is 9.91. The predicted molar refractivity (Wildman–Crippen MR) is 108 cm³/mol. The van der Waals surface area contributed by atoms with Crippen molar-refractivity contribution in [2.24, 2.45) is 4.99 Å². The van der Waals surface area contributed by atoms with E-state index in [1.165, 1.54) is 0 Å². The van der Waals surface area contributed by atoms with E-state index in [1.54, 1.807) is 0 Å². The van der Waals surface area contributed by atoms with Crippen LogP contribution in [0.25, 0.3) is 0 Å². The zero-order chi connectivity index (χ0) is 19.1. The fourth-order valence-corrected chi connectivity index (χ4v) is 2.95. The van der Waals surface area contributed by atoms with Crippen molar-refractivity contribution in [2.45, 2.75) is 12.0 Å². The second kappa shape index (κ2) is 8.64. The first-order chi connectivity index (χ1) is 13.2. The average Bonchev–Trinajstić information content (AvgIpc) is 2.73. The van der Waals surface area contributed by atoms with Gasteiger partial charge < -0.3 is 5.11 Å². The lowest BCUT2D eigenvalue weighted by Gasteiger charge is -2.18. The van der Waals surface area contributed by atoms with E-state index in [0.29, 0.717) is 5.71 Å². The van der Waals surface area contributed by atoms with Gasteiger partial charge in [-0.05, 0) is 5.56 Å². The van der Waals surface area contributed by atoms with Gasteiger partial charge >= 0.3 is 5.97 Å². The molecule has 0 amide bonds. The number of hydrogen-bond acceptors (Lipinski definition) is 2. The van der Waals surface area contributed by atoms with Gasteiger partial charge in [0.05, 0.1) is 11.6 Å². The predicted octanol–water partition coefficient (Wildman–Crippen LogP) is 4.39. The van der Waals surface area contributed by atoms with Crippen molar-refractivity contribution in [3.05, 3.63) is 108 Å². The Labute approximate surface area is 159 Å². The summed E-state index contributed by atoms with van der Waals surface area (Å²) in [6.07, 6.45) is 5.71. The van der Waals surface area contributed by atoms with Gasteiger partial charge in [-0.15, -0.1) is 6.42 Å². The highest BCUT2D eigenvalue weighted by Crippen LogP contribution is 2.24. The minimum Gasteiger partial charge on any atom is -0.480 e. The standard InChI is InChI=1S/C24H19NO2/c1-2-21(18-12-6-3-7-13-18)23(24(26)27)25-22(19-14-8-4-9-15-19)20-16-10-5-11-17-20/h1,3-17,21,23H,(H,26,27). The molecule has 0 aromatic heterocycles. The fourth-order valence-electron chi connectivity index (χ4n) is 2.95. The van der Waals surface area contributed by atoms with E-state index in [-0.39, 0.29) is 0 Å². The van der Waals surface area contributed by atoms with Gasteiger partial charge in [-0.3, -0.25) is 4.99 Å². The van der Waals surface area contributed by atoms with Crippen molar-refractivity contribution >= 4 is 11.7 Å². The van der Waals surface area contributed by atoms with Gasteiger partial charge in [0.25, 0.3) is 0 Å². The first-order valence-corrected chi connectivity index (χ1v) is 8.63. The summed E-state index contributed by atoms with van der Waals surface area (Å²) in [5.41, 5.74) is 3.06. The molecule has 0 aliphatic heterocycles. The highest BCUT2D eigenvalue weighted by Gasteiger charge is 2.28. The number of hydrogen-bond donors (Lipinski definition) is 1. The molecule has 0 spiro atoms. The summed E-state index contributed by atoms with van der Waals surface area (Å²) in [6.45, 7) is 0. The second-order valence-corrected chi connectivity index (χ2v) is 6.05. The van der Waals surface area contributed by atoms with Crippen LogP contribution in [-0.2, 0) is 4.79 Å². The molecular formula is C24H19NO2. The van der Waals surface area contributed by atoms with Gasteiger partial charge in [0, 0.05) is 11.1 Å². The van der Waals surface area contributed by atoms with Gasteiger partial charge in [-0.1, -0.05) is 96.9 Å². The van der Waals surface area contributed by atoms with Crippen molar-refractivity contribution < 1.29 is 9.90 Å². The molecule has 132 valence electrons. The summed E-state index contributed by atoms with van der Waals surface area (Å²) >= 11 is 0. The Morgan fingerprint density at radius 1 is 0.815 bits per heavy atom. The number of rotatable bonds is 6. The zero-order valence-corrected chi connectivity index (χ0v) is 14.7. The minimum absolute atomic E-state index is 0.611. The van der Waals surface area contributed by atoms with Crippen LogP contribution in [0, 0.1) is 12.3 Å². The van der Waals surface area contributed by atoms with Gasteiger partial charge in [-0.2, -0.15) is 0 Å². The van der Waals surface area contributed by atoms with Crippen LogP contribution in [0.1, 0.15) is 22.6 Å². The molecular weight excluding hydrogens is 334 g/mol. The first-order valence-electron chi connectivity index (χ1n) is 8.63. The van der Waals surface area contributed by atoms with E-state index in [1.807, 2.05) is 91.0 Å². The topological polar surface area (TPSA) is 49.7 Å². The number of benzene rings is 3. The molecule has 0 saturated carbocycles. The van der Waals surface area contributed by atoms with Crippen molar-refractivity contribution in [1.29, 1.82) is 0 Å². The molecule has 2 atom stereocenters. The maximum atomic E-state index is 12.1. The van der Waals surface area contributed by atoms with Gasteiger partial charge in [-0.25, -0.2) is 4.79 Å². The van der Waals surface area contributed by atoms with Crippen LogP contribution in [0.5, 0.6) is 0 Å². The highest BCUT2D eigenvalue weighted by molar-refractivity contribution is 6.13. The Morgan fingerprint density at radius 2 is 1.26 bits per heavy atom. The number of nitrogens with zero attached hydrogens (tertiary/aromatic N) is 1. The van der Waals surface area contributed by atoms with E-state index in [2.05, 4.69) is 10.9 Å². The summed E-state index contributed by atoms with van der Waals surface area (Å²) in [4.78, 5) is 16.7. The molecule has 0 heterocycles. The molecule has 3 nitrogen and oxygen atoms in total. The maximum absolute atomic E-state index is 12.1. The van der Waals surface area contributed by atoms with Crippen LogP contribution < -0.4 is 0 Å². The summed E-state index contributed by atoms with van der Waals surface area (Å²) in [5, 5.41) is 9.88. The maximum Gasteiger partial charge on any atom is 0.330 e. The molecule has 2 unspecified atom stereocenters. The average molecular weight is 353 g/mol. The first kappa shape index (κ1) is 18.2. The van der Waals surface area contributed by atoms with Crippen LogP contribution in [0.2, 0.25) is 0 Å². The minimum atomic E-state index is -1.09. The number of carboxylic acids is 1. The molecule has 0 aliphatic carbocycles. The van der Waals surface area contributed by atoms with Crippen LogP contribution in [0.4, 0.5) is 0 Å². The Morgan fingerprint density at radius 3 is 1.67 bits per heavy atom. The quantitative estimate of drug-likeness (QED) is 0.528. The van der Waals surface area contributed by atoms with E-state index in [0.717, 1.165) is 16.7 Å². The summed E-state index contributed by atoms with van der Waals surface area (Å²) < 4.78 is 0. The van der Waals surface area contributed by atoms with Gasteiger partial charge in [0.15, 0.2) is 6.04 Å². The summed E-state index contributed by atoms with van der Waals surface area (Å²) in [6, 6.07) is 27.2. The van der Waals surface area contributed by atoms with Crippen molar-refractivity contribution in [3.63, 3.8) is 0 Å². The molecule has 27 heavy (non-hydrogen) atoms. The third-order valence-corrected chi connectivity index (χ3v) is 4.27. The number of aliphatic carboxylic acids is 1. The number of carbonyl (C=O) groups is 1. The fraction of sp³-hybridized carbons (Fsp3) is 0.0833. The second-order valence-electron chi connectivity index (χ2n) is 6.05. The van der Waals surface area contributed by atoms with Crippen LogP contribution in [-0.4, -0.2) is 22.8 Å². The molecule has 0 saturated heterocycles.